The monoisotopic (exact) mass is 1630 g/mol. The van der Waals surface area contributed by atoms with Crippen molar-refractivity contribution < 1.29 is 117 Å². The molecule has 0 spiro atoms. The highest BCUT2D eigenvalue weighted by Gasteiger charge is 2.39. The number of phenols is 1. The van der Waals surface area contributed by atoms with Gasteiger partial charge in [0.2, 0.25) is 88.6 Å². The van der Waals surface area contributed by atoms with Gasteiger partial charge in [-0.1, -0.05) is 80.4 Å². The molecule has 646 valence electrons. The molecule has 0 aromatic heterocycles. The molecule has 0 aliphatic carbocycles. The first-order valence-corrected chi connectivity index (χ1v) is 38.1. The average Bonchev–Trinajstić information content (AvgIpc) is 0.853. The van der Waals surface area contributed by atoms with Crippen LogP contribution in [0.5, 0.6) is 5.75 Å². The highest BCUT2D eigenvalue weighted by Crippen LogP contribution is 2.17. The van der Waals surface area contributed by atoms with E-state index in [2.05, 4.69) is 74.4 Å². The minimum absolute atomic E-state index is 0.0865. The molecule has 0 saturated carbocycles. The number of nitrogens with two attached hydrogens (primary N) is 4. The largest absolute Gasteiger partial charge is 0.508 e. The molecule has 42 heteroatoms. The number of primary amides is 1. The molecule has 15 amide bonds. The second-order valence-electron chi connectivity index (χ2n) is 29.1. The van der Waals surface area contributed by atoms with Crippen LogP contribution >= 0.6 is 0 Å². The molecule has 1 aromatic rings. The fourth-order valence-electron chi connectivity index (χ4n) is 11.0. The number of nitrogens with one attached hydrogen (secondary N) is 14. The van der Waals surface area contributed by atoms with Crippen LogP contribution in [0.4, 0.5) is 0 Å². The number of aromatic hydroxyl groups is 1. The van der Waals surface area contributed by atoms with Crippen molar-refractivity contribution in [3.63, 3.8) is 0 Å². The molecule has 1 aromatic carbocycles. The minimum atomic E-state index is -1.96. The Bertz CT molecular complexity index is 3530. The molecule has 0 fully saturated rings. The van der Waals surface area contributed by atoms with Crippen molar-refractivity contribution in [3.8, 4) is 5.75 Å². The molecule has 0 saturated heterocycles. The van der Waals surface area contributed by atoms with E-state index in [4.69, 9.17) is 22.9 Å². The first-order chi connectivity index (χ1) is 53.7. The van der Waals surface area contributed by atoms with E-state index in [0.29, 0.717) is 24.8 Å². The normalized spacial score (nSPS) is 15.6. The molecule has 42 nitrogen and oxygen atoms in total. The van der Waals surface area contributed by atoms with E-state index >= 15 is 0 Å². The number of benzene rings is 1. The van der Waals surface area contributed by atoms with Gasteiger partial charge in [0.25, 0.3) is 0 Å². The first kappa shape index (κ1) is 102. The fourth-order valence-corrected chi connectivity index (χ4v) is 11.0. The lowest BCUT2D eigenvalue weighted by Crippen LogP contribution is -2.61. The van der Waals surface area contributed by atoms with Gasteiger partial charge in [0.05, 0.1) is 25.3 Å². The first-order valence-electron chi connectivity index (χ1n) is 38.1. The van der Waals surface area contributed by atoms with Gasteiger partial charge in [-0.05, 0) is 134 Å². The van der Waals surface area contributed by atoms with Crippen molar-refractivity contribution >= 4 is 112 Å². The van der Waals surface area contributed by atoms with E-state index in [-0.39, 0.29) is 75.6 Å². The molecule has 0 radical (unpaired) electrons. The topological polar surface area (TPSA) is 698 Å². The van der Waals surface area contributed by atoms with Gasteiger partial charge in [-0.3, -0.25) is 91.1 Å². The van der Waals surface area contributed by atoms with Crippen molar-refractivity contribution in [1.29, 1.82) is 0 Å². The Morgan fingerprint density at radius 3 is 1.09 bits per heavy atom. The van der Waals surface area contributed by atoms with E-state index in [1.54, 1.807) is 41.5 Å². The molecule has 1 rings (SSSR count). The number of carbonyl (C=O) groups excluding carboxylic acids is 15. The third-order valence-corrected chi connectivity index (χ3v) is 18.4. The number of unbranched alkanes of at least 4 members (excludes halogenated alkanes) is 2. The third-order valence-electron chi connectivity index (χ3n) is 18.4. The quantitative estimate of drug-likeness (QED) is 0.0272. The number of amides is 15. The summed E-state index contributed by atoms with van der Waals surface area (Å²) >= 11 is 0. The van der Waals surface area contributed by atoms with Crippen molar-refractivity contribution in [2.24, 2.45) is 46.6 Å². The van der Waals surface area contributed by atoms with Crippen LogP contribution in [0.2, 0.25) is 0 Å². The summed E-state index contributed by atoms with van der Waals surface area (Å²) in [6, 6.07) is -18.0. The lowest BCUT2D eigenvalue weighted by Gasteiger charge is -2.29. The highest BCUT2D eigenvalue weighted by molar-refractivity contribution is 6.01. The summed E-state index contributed by atoms with van der Waals surface area (Å²) in [6.07, 6.45) is -2.93. The smallest absolute Gasteiger partial charge is 0.325 e. The summed E-state index contributed by atoms with van der Waals surface area (Å²) in [4.78, 5) is 254. The molecule has 27 N–H and O–H groups in total. The molecule has 0 heterocycles. The summed E-state index contributed by atoms with van der Waals surface area (Å²) in [5.41, 5.74) is 23.2. The van der Waals surface area contributed by atoms with E-state index in [9.17, 15) is 117 Å². The predicted octanol–water partition coefficient (Wildman–Crippen LogP) is -5.04. The number of carbonyl (C=O) groups is 19. The van der Waals surface area contributed by atoms with Crippen molar-refractivity contribution in [3.05, 3.63) is 29.8 Å². The van der Waals surface area contributed by atoms with Crippen molar-refractivity contribution in [1.82, 2.24) is 74.4 Å². The number of phenolic OH excluding ortho intramolecular Hbond substituents is 1. The standard InChI is InChI=1S/C73H120N18O24/c1-13-36(7)56(77)70(111)88-51(33-55(98)99)68(109)82-44(19-15-17-27-74)62(103)84-46(25-26-52(76)93)63(104)87-47(29-34(3)4)65(106)79-38(9)59(100)78-39(10)60(101)85-48(30-42-21-23-43(92)24-22-42)69(110)91-58(37(8)14-2)72(113)80-40(11)61(102)86-50(32-54(96)97)67(108)83-45(20-16-18-28-75)64(105)90-57(35(5)6)71(112)89-49(31-53(94)95)66(107)81-41(12)73(114)115/h21-24,34-41,44-51,56-58,92H,13-20,25-33,74-75,77H2,1-12H3,(H2,76,93)(H,78,100)(H,79,106)(H,80,113)(H,81,107)(H,82,109)(H,83,108)(H,84,103)(H,85,101)(H,86,102)(H,87,104)(H,88,111)(H,89,112)(H,90,105)(H,91,110)(H,94,95)(H,96,97)(H,98,99)(H,114,115)/t36-,37-,38-,39-,40-,41-,44-,45-,46-,47-,48-,49-,50-,51-,56-,57-,58-/m0/s1. The lowest BCUT2D eigenvalue weighted by atomic mass is 9.96. The molecule has 0 aliphatic heterocycles. The predicted molar refractivity (Wildman–Crippen MR) is 411 cm³/mol. The van der Waals surface area contributed by atoms with Gasteiger partial charge < -0.3 is 123 Å². The number of carboxylic acids is 4. The number of hydrogen-bond acceptors (Lipinski definition) is 23. The molecule has 0 unspecified atom stereocenters. The van der Waals surface area contributed by atoms with Crippen LogP contribution in [0.25, 0.3) is 0 Å². The number of hydrogen-bond donors (Lipinski definition) is 23. The van der Waals surface area contributed by atoms with Gasteiger partial charge in [0.15, 0.2) is 0 Å². The minimum Gasteiger partial charge on any atom is -0.508 e. The van der Waals surface area contributed by atoms with Gasteiger partial charge in [0.1, 0.15) is 90.3 Å². The van der Waals surface area contributed by atoms with E-state index in [1.165, 1.54) is 52.0 Å². The van der Waals surface area contributed by atoms with Crippen LogP contribution in [0.1, 0.15) is 179 Å². The van der Waals surface area contributed by atoms with Crippen LogP contribution in [0.15, 0.2) is 24.3 Å². The molecule has 0 aliphatic rings. The second-order valence-corrected chi connectivity index (χ2v) is 29.1. The van der Waals surface area contributed by atoms with Gasteiger partial charge in [-0.25, -0.2) is 0 Å². The molecule has 17 atom stereocenters. The van der Waals surface area contributed by atoms with Crippen LogP contribution < -0.4 is 97.4 Å². The number of aliphatic carboxylic acids is 4. The van der Waals surface area contributed by atoms with Gasteiger partial charge in [0, 0.05) is 12.8 Å². The van der Waals surface area contributed by atoms with E-state index in [1.807, 2.05) is 0 Å². The van der Waals surface area contributed by atoms with Gasteiger partial charge >= 0.3 is 23.9 Å². The van der Waals surface area contributed by atoms with Gasteiger partial charge in [-0.15, -0.1) is 0 Å². The Kier molecular flexibility index (Phi) is 45.6. The van der Waals surface area contributed by atoms with E-state index < -0.39 is 247 Å². The maximum atomic E-state index is 14.5. The Morgan fingerprint density at radius 2 is 0.678 bits per heavy atom. The lowest BCUT2D eigenvalue weighted by molar-refractivity contribution is -0.144. The number of rotatable bonds is 55. The zero-order valence-electron chi connectivity index (χ0n) is 67.1. The Morgan fingerprint density at radius 1 is 0.357 bits per heavy atom. The SMILES string of the molecule is CC[C@H](C)[C@H](N)C(=O)N[C@@H](CC(=O)O)C(=O)N[C@@H](CCCCN)C(=O)N[C@@H](CCC(N)=O)C(=O)N[C@@H](CC(C)C)C(=O)N[C@@H](C)C(=O)N[C@@H](C)C(=O)N[C@@H](Cc1ccc(O)cc1)C(=O)N[C@H](C(=O)N[C@@H](C)C(=O)N[C@@H](CC(=O)O)C(=O)N[C@@H](CCCCN)C(=O)N[C@H](C(=O)N[C@@H](CC(=O)O)C(=O)N[C@@H](C)C(=O)O)C(C)C)[C@@H](C)CC. The second kappa shape index (κ2) is 51.5. The summed E-state index contributed by atoms with van der Waals surface area (Å²) in [5.74, 6) is -23.9. The maximum Gasteiger partial charge on any atom is 0.325 e. The van der Waals surface area contributed by atoms with E-state index in [0.717, 1.165) is 13.8 Å². The summed E-state index contributed by atoms with van der Waals surface area (Å²) < 4.78 is 0. The Balaban J connectivity index is 3.52. The molecule has 0 bridgehead atoms. The summed E-state index contributed by atoms with van der Waals surface area (Å²) in [5, 5.41) is 81.9. The zero-order valence-corrected chi connectivity index (χ0v) is 67.1. The van der Waals surface area contributed by atoms with Crippen LogP contribution in [-0.4, -0.2) is 242 Å². The molecular formula is C73H120N18O24. The van der Waals surface area contributed by atoms with Crippen LogP contribution in [0, 0.1) is 23.7 Å². The fraction of sp³-hybridized carbons (Fsp3) is 0.658. The summed E-state index contributed by atoms with van der Waals surface area (Å²) in [6.45, 7) is 18.0. The maximum absolute atomic E-state index is 14.5. The molecular weight excluding hydrogens is 1510 g/mol. The average molecular weight is 1630 g/mol. The Labute approximate surface area is 666 Å². The number of carboxylic acid groups (broad SMARTS) is 4. The highest BCUT2D eigenvalue weighted by atomic mass is 16.4. The molecule has 115 heavy (non-hydrogen) atoms. The van der Waals surface area contributed by atoms with Crippen molar-refractivity contribution in [2.45, 2.75) is 270 Å². The van der Waals surface area contributed by atoms with Gasteiger partial charge in [-0.2, -0.15) is 0 Å². The summed E-state index contributed by atoms with van der Waals surface area (Å²) in [7, 11) is 0. The Hall–Kier alpha value is -11.2. The van der Waals surface area contributed by atoms with Crippen molar-refractivity contribution in [2.75, 3.05) is 13.1 Å². The van der Waals surface area contributed by atoms with Crippen LogP contribution in [-0.2, 0) is 97.5 Å². The zero-order chi connectivity index (χ0) is 87.8. The van der Waals surface area contributed by atoms with Crippen LogP contribution in [0.3, 0.4) is 0 Å². The third kappa shape index (κ3) is 38.0.